The topological polar surface area (TPSA) is 41.6 Å². The van der Waals surface area contributed by atoms with Gasteiger partial charge in [0.15, 0.2) is 0 Å². The number of hydrogen-bond donors (Lipinski definition) is 1. The molecule has 0 amide bonds. The lowest BCUT2D eigenvalue weighted by atomic mass is 9.98. The molecule has 1 N–H and O–H groups in total. The van der Waals surface area contributed by atoms with Gasteiger partial charge in [0.05, 0.1) is 5.52 Å². The second-order valence-corrected chi connectivity index (χ2v) is 5.20. The Hall–Kier alpha value is -2.82. The van der Waals surface area contributed by atoms with Crippen molar-refractivity contribution < 1.29 is 8.78 Å². The van der Waals surface area contributed by atoms with Crippen LogP contribution in [0.25, 0.3) is 32.9 Å². The lowest BCUT2D eigenvalue weighted by Gasteiger charge is -2.09. The Bertz CT molecular complexity index is 1000. The standard InChI is InChI=1S/C17H11F2N3/c1-9-16(10-2-3-15(19)21-7-10)13(18)6-11-12-8-20-5-4-14(12)22-17(9)11/h2-8,22H,1H3. The summed E-state index contributed by atoms with van der Waals surface area (Å²) in [6.45, 7) is 1.84. The Morgan fingerprint density at radius 1 is 1.05 bits per heavy atom. The van der Waals surface area contributed by atoms with Crippen molar-refractivity contribution in [1.82, 2.24) is 15.0 Å². The summed E-state index contributed by atoms with van der Waals surface area (Å²) < 4.78 is 27.6. The summed E-state index contributed by atoms with van der Waals surface area (Å²) in [5.41, 5.74) is 3.50. The number of aromatic amines is 1. The summed E-state index contributed by atoms with van der Waals surface area (Å²) in [6, 6.07) is 6.10. The molecule has 0 fully saturated rings. The van der Waals surface area contributed by atoms with Gasteiger partial charge in [0.1, 0.15) is 5.82 Å². The number of halogens is 2. The summed E-state index contributed by atoms with van der Waals surface area (Å²) in [5.74, 6) is -0.942. The molecule has 1 aromatic carbocycles. The first-order chi connectivity index (χ1) is 10.6. The van der Waals surface area contributed by atoms with Crippen molar-refractivity contribution in [2.75, 3.05) is 0 Å². The monoisotopic (exact) mass is 295 g/mol. The summed E-state index contributed by atoms with van der Waals surface area (Å²) in [4.78, 5) is 11.0. The van der Waals surface area contributed by atoms with Gasteiger partial charge in [-0.15, -0.1) is 0 Å². The van der Waals surface area contributed by atoms with Crippen LogP contribution in [0.5, 0.6) is 0 Å². The Morgan fingerprint density at radius 3 is 2.68 bits per heavy atom. The highest BCUT2D eigenvalue weighted by Crippen LogP contribution is 2.35. The maximum absolute atomic E-state index is 14.6. The van der Waals surface area contributed by atoms with Crippen molar-refractivity contribution in [2.45, 2.75) is 6.92 Å². The Morgan fingerprint density at radius 2 is 1.91 bits per heavy atom. The maximum atomic E-state index is 14.6. The molecule has 0 aliphatic rings. The molecule has 0 spiro atoms. The number of rotatable bonds is 1. The number of nitrogens with one attached hydrogen (secondary N) is 1. The van der Waals surface area contributed by atoms with Crippen molar-refractivity contribution in [3.05, 3.63) is 60.2 Å². The summed E-state index contributed by atoms with van der Waals surface area (Å²) in [5, 5.41) is 1.67. The molecule has 0 radical (unpaired) electrons. The summed E-state index contributed by atoms with van der Waals surface area (Å²) >= 11 is 0. The first kappa shape index (κ1) is 12.9. The number of benzene rings is 1. The zero-order chi connectivity index (χ0) is 15.3. The largest absolute Gasteiger partial charge is 0.354 e. The van der Waals surface area contributed by atoms with Gasteiger partial charge in [-0.3, -0.25) is 4.98 Å². The summed E-state index contributed by atoms with van der Waals surface area (Å²) in [6.07, 6.45) is 4.75. The maximum Gasteiger partial charge on any atom is 0.212 e. The fourth-order valence-electron chi connectivity index (χ4n) is 2.88. The quantitative estimate of drug-likeness (QED) is 0.530. The molecule has 0 saturated carbocycles. The predicted octanol–water partition coefficient (Wildman–Crippen LogP) is 4.36. The molecule has 0 unspecified atom stereocenters. The number of H-pyrrole nitrogens is 1. The van der Waals surface area contributed by atoms with Gasteiger partial charge in [-0.2, -0.15) is 4.39 Å². The van der Waals surface area contributed by atoms with Crippen molar-refractivity contribution >= 4 is 21.8 Å². The smallest absolute Gasteiger partial charge is 0.212 e. The second kappa shape index (κ2) is 4.59. The molecule has 108 valence electrons. The van der Waals surface area contributed by atoms with E-state index < -0.39 is 5.95 Å². The highest BCUT2D eigenvalue weighted by atomic mass is 19.1. The first-order valence-corrected chi connectivity index (χ1v) is 6.81. The molecular weight excluding hydrogens is 284 g/mol. The van der Waals surface area contributed by atoms with Crippen molar-refractivity contribution in [1.29, 1.82) is 0 Å². The Balaban J connectivity index is 2.08. The van der Waals surface area contributed by atoms with Gasteiger partial charge in [0.2, 0.25) is 5.95 Å². The lowest BCUT2D eigenvalue weighted by Crippen LogP contribution is -1.92. The van der Waals surface area contributed by atoms with E-state index in [0.717, 1.165) is 27.4 Å². The van der Waals surface area contributed by atoms with Crippen LogP contribution in [-0.2, 0) is 0 Å². The fraction of sp³-hybridized carbons (Fsp3) is 0.0588. The van der Waals surface area contributed by atoms with Gasteiger partial charge >= 0.3 is 0 Å². The third-order valence-corrected chi connectivity index (χ3v) is 3.92. The van der Waals surface area contributed by atoms with Crippen molar-refractivity contribution in [2.24, 2.45) is 0 Å². The van der Waals surface area contributed by atoms with Crippen molar-refractivity contribution in [3.8, 4) is 11.1 Å². The van der Waals surface area contributed by atoms with Gasteiger partial charge in [-0.05, 0) is 36.8 Å². The number of pyridine rings is 2. The molecule has 3 nitrogen and oxygen atoms in total. The van der Waals surface area contributed by atoms with Gasteiger partial charge < -0.3 is 4.98 Å². The molecule has 0 saturated heterocycles. The minimum absolute atomic E-state index is 0.358. The summed E-state index contributed by atoms with van der Waals surface area (Å²) in [7, 11) is 0. The molecule has 22 heavy (non-hydrogen) atoms. The van der Waals surface area contributed by atoms with E-state index >= 15 is 0 Å². The van der Waals surface area contributed by atoms with E-state index in [1.165, 1.54) is 24.4 Å². The van der Waals surface area contributed by atoms with Crippen LogP contribution < -0.4 is 0 Å². The van der Waals surface area contributed by atoms with Crippen LogP contribution in [0.4, 0.5) is 8.78 Å². The van der Waals surface area contributed by atoms with Gasteiger partial charge in [-0.25, -0.2) is 9.37 Å². The van der Waals surface area contributed by atoms with Crippen LogP contribution in [-0.4, -0.2) is 15.0 Å². The second-order valence-electron chi connectivity index (χ2n) is 5.20. The number of aryl methyl sites for hydroxylation is 1. The fourth-order valence-corrected chi connectivity index (χ4v) is 2.88. The van der Waals surface area contributed by atoms with Gasteiger partial charge in [-0.1, -0.05) is 0 Å². The zero-order valence-corrected chi connectivity index (χ0v) is 11.7. The lowest BCUT2D eigenvalue weighted by molar-refractivity contribution is 0.583. The number of nitrogens with zero attached hydrogens (tertiary/aromatic N) is 2. The minimum atomic E-state index is -0.584. The molecule has 0 aliphatic carbocycles. The van der Waals surface area contributed by atoms with Crippen LogP contribution in [0.15, 0.2) is 42.9 Å². The highest BCUT2D eigenvalue weighted by Gasteiger charge is 2.16. The molecule has 0 aliphatic heterocycles. The van der Waals surface area contributed by atoms with E-state index in [1.807, 2.05) is 13.0 Å². The minimum Gasteiger partial charge on any atom is -0.354 e. The van der Waals surface area contributed by atoms with E-state index in [-0.39, 0.29) is 5.82 Å². The van der Waals surface area contributed by atoms with Gasteiger partial charge in [0.25, 0.3) is 0 Å². The molecule has 0 atom stereocenters. The molecule has 3 heterocycles. The van der Waals surface area contributed by atoms with E-state index in [4.69, 9.17) is 0 Å². The van der Waals surface area contributed by atoms with Crippen LogP contribution in [0, 0.1) is 18.7 Å². The first-order valence-electron chi connectivity index (χ1n) is 6.81. The third kappa shape index (κ3) is 1.79. The molecule has 3 aromatic heterocycles. The normalized spacial score (nSPS) is 11.4. The molecule has 5 heteroatoms. The average molecular weight is 295 g/mol. The number of hydrogen-bond acceptors (Lipinski definition) is 2. The molecular formula is C17H11F2N3. The molecule has 0 bridgehead atoms. The van der Waals surface area contributed by atoms with Crippen LogP contribution >= 0.6 is 0 Å². The van der Waals surface area contributed by atoms with E-state index in [9.17, 15) is 8.78 Å². The SMILES string of the molecule is Cc1c(-c2ccc(F)nc2)c(F)cc2c1[nH]c1ccncc12. The number of fused-ring (bicyclic) bond motifs is 3. The zero-order valence-electron chi connectivity index (χ0n) is 11.7. The molecule has 4 aromatic rings. The van der Waals surface area contributed by atoms with E-state index in [0.29, 0.717) is 11.1 Å². The third-order valence-electron chi connectivity index (χ3n) is 3.92. The Labute approximate surface area is 124 Å². The van der Waals surface area contributed by atoms with E-state index in [2.05, 4.69) is 15.0 Å². The van der Waals surface area contributed by atoms with E-state index in [1.54, 1.807) is 12.4 Å². The Kier molecular flexibility index (Phi) is 2.69. The van der Waals surface area contributed by atoms with Crippen molar-refractivity contribution in [3.63, 3.8) is 0 Å². The average Bonchev–Trinajstić information content (AvgIpc) is 2.88. The highest BCUT2D eigenvalue weighted by molar-refractivity contribution is 6.09. The van der Waals surface area contributed by atoms with Crippen LogP contribution in [0.2, 0.25) is 0 Å². The molecule has 4 rings (SSSR count). The van der Waals surface area contributed by atoms with Crippen LogP contribution in [0.1, 0.15) is 5.56 Å². The van der Waals surface area contributed by atoms with Gasteiger partial charge in [0, 0.05) is 46.0 Å². The predicted molar refractivity (Wildman–Crippen MR) is 81.5 cm³/mol. The van der Waals surface area contributed by atoms with Crippen LogP contribution in [0.3, 0.4) is 0 Å². The number of aromatic nitrogens is 3.